The van der Waals surface area contributed by atoms with Gasteiger partial charge in [-0.3, -0.25) is 0 Å². The zero-order valence-corrected chi connectivity index (χ0v) is 17.6. The van der Waals surface area contributed by atoms with E-state index in [4.69, 9.17) is 9.47 Å². The Morgan fingerprint density at radius 2 is 1.61 bits per heavy atom. The highest BCUT2D eigenvalue weighted by molar-refractivity contribution is 5.43. The number of ether oxygens (including phenoxy) is 2. The third-order valence-electron chi connectivity index (χ3n) is 4.80. The van der Waals surface area contributed by atoms with E-state index in [1.165, 1.54) is 11.1 Å². The number of hydrogen-bond acceptors (Lipinski definition) is 5. The molecule has 0 heterocycles. The molecule has 2 N–H and O–H groups in total. The van der Waals surface area contributed by atoms with Gasteiger partial charge in [-0.1, -0.05) is 49.7 Å². The third kappa shape index (κ3) is 7.15. The Morgan fingerprint density at radius 3 is 2.25 bits per heavy atom. The molecule has 0 saturated carbocycles. The summed E-state index contributed by atoms with van der Waals surface area (Å²) in [6.45, 7) is 10.5. The minimum Gasteiger partial charge on any atom is -0.493 e. The first-order chi connectivity index (χ1) is 13.5. The summed E-state index contributed by atoms with van der Waals surface area (Å²) in [5.41, 5.74) is 3.66. The Hall–Kier alpha value is -2.08. The highest BCUT2D eigenvalue weighted by atomic mass is 16.5. The molecule has 0 aliphatic rings. The van der Waals surface area contributed by atoms with Crippen LogP contribution in [0.1, 0.15) is 30.5 Å². The SMILES string of the molecule is CCN(CC)C[C@H](O)COc1ccc(CNCc2ccc(C)cc2)cc1OC. The molecule has 0 fully saturated rings. The normalized spacial score (nSPS) is 12.2. The molecule has 0 unspecified atom stereocenters. The van der Waals surface area contributed by atoms with E-state index in [2.05, 4.69) is 55.3 Å². The van der Waals surface area contributed by atoms with Gasteiger partial charge in [0.25, 0.3) is 0 Å². The zero-order valence-electron chi connectivity index (χ0n) is 17.6. The van der Waals surface area contributed by atoms with Crippen LogP contribution in [0.3, 0.4) is 0 Å². The van der Waals surface area contributed by atoms with Gasteiger partial charge in [-0.25, -0.2) is 0 Å². The predicted octanol–water partition coefficient (Wildman–Crippen LogP) is 3.37. The van der Waals surface area contributed by atoms with Crippen molar-refractivity contribution in [2.24, 2.45) is 0 Å². The molecule has 5 nitrogen and oxygen atoms in total. The fourth-order valence-corrected chi connectivity index (χ4v) is 3.02. The lowest BCUT2D eigenvalue weighted by atomic mass is 10.1. The molecule has 28 heavy (non-hydrogen) atoms. The first-order valence-corrected chi connectivity index (χ1v) is 10.0. The predicted molar refractivity (Wildman–Crippen MR) is 114 cm³/mol. The van der Waals surface area contributed by atoms with Gasteiger partial charge in [0, 0.05) is 19.6 Å². The van der Waals surface area contributed by atoms with Gasteiger partial charge in [-0.15, -0.1) is 0 Å². The number of nitrogens with zero attached hydrogens (tertiary/aromatic N) is 1. The molecule has 0 saturated heterocycles. The fourth-order valence-electron chi connectivity index (χ4n) is 3.02. The van der Waals surface area contributed by atoms with Gasteiger partial charge in [0.05, 0.1) is 7.11 Å². The second-order valence-electron chi connectivity index (χ2n) is 7.03. The topological polar surface area (TPSA) is 54.0 Å². The molecule has 2 rings (SSSR count). The standard InChI is InChI=1S/C23H34N2O3/c1-5-25(6-2)16-21(26)17-28-22-12-11-20(13-23(22)27-4)15-24-14-19-9-7-18(3)8-10-19/h7-13,21,24,26H,5-6,14-17H2,1-4H3/t21-/m0/s1. The van der Waals surface area contributed by atoms with Crippen LogP contribution in [-0.4, -0.2) is 49.5 Å². The number of methoxy groups -OCH3 is 1. The molecule has 0 amide bonds. The maximum Gasteiger partial charge on any atom is 0.161 e. The van der Waals surface area contributed by atoms with Gasteiger partial charge in [0.15, 0.2) is 11.5 Å². The molecule has 0 spiro atoms. The van der Waals surface area contributed by atoms with Crippen molar-refractivity contribution in [2.75, 3.05) is 33.4 Å². The van der Waals surface area contributed by atoms with Crippen LogP contribution in [-0.2, 0) is 13.1 Å². The fraction of sp³-hybridized carbons (Fsp3) is 0.478. The average Bonchev–Trinajstić information content (AvgIpc) is 2.72. The van der Waals surface area contributed by atoms with Crippen LogP contribution in [0.2, 0.25) is 0 Å². The van der Waals surface area contributed by atoms with E-state index >= 15 is 0 Å². The zero-order chi connectivity index (χ0) is 20.4. The lowest BCUT2D eigenvalue weighted by Crippen LogP contribution is -2.35. The van der Waals surface area contributed by atoms with Crippen LogP contribution in [0.4, 0.5) is 0 Å². The van der Waals surface area contributed by atoms with E-state index in [-0.39, 0.29) is 6.61 Å². The van der Waals surface area contributed by atoms with Crippen molar-refractivity contribution < 1.29 is 14.6 Å². The second kappa shape index (κ2) is 11.7. The van der Waals surface area contributed by atoms with Gasteiger partial charge in [0.2, 0.25) is 0 Å². The van der Waals surface area contributed by atoms with Crippen molar-refractivity contribution in [1.82, 2.24) is 10.2 Å². The number of aliphatic hydroxyl groups is 1. The lowest BCUT2D eigenvalue weighted by molar-refractivity contribution is 0.0705. The monoisotopic (exact) mass is 386 g/mol. The van der Waals surface area contributed by atoms with Crippen LogP contribution in [0, 0.1) is 6.92 Å². The lowest BCUT2D eigenvalue weighted by Gasteiger charge is -2.22. The molecule has 154 valence electrons. The van der Waals surface area contributed by atoms with Crippen LogP contribution < -0.4 is 14.8 Å². The third-order valence-corrected chi connectivity index (χ3v) is 4.80. The molecule has 0 aliphatic heterocycles. The largest absolute Gasteiger partial charge is 0.493 e. The van der Waals surface area contributed by atoms with Gasteiger partial charge >= 0.3 is 0 Å². The summed E-state index contributed by atoms with van der Waals surface area (Å²) >= 11 is 0. The Bertz CT molecular complexity index is 699. The van der Waals surface area contributed by atoms with E-state index in [9.17, 15) is 5.11 Å². The molecule has 1 atom stereocenters. The van der Waals surface area contributed by atoms with Crippen LogP contribution in [0.25, 0.3) is 0 Å². The molecule has 0 aliphatic carbocycles. The first kappa shape index (κ1) is 22.2. The number of aliphatic hydroxyl groups excluding tert-OH is 1. The summed E-state index contributed by atoms with van der Waals surface area (Å²) in [7, 11) is 1.64. The number of likely N-dealkylation sites (N-methyl/N-ethyl adjacent to an activating group) is 1. The minimum absolute atomic E-state index is 0.248. The number of rotatable bonds is 12. The Labute approximate surface area is 169 Å². The van der Waals surface area contributed by atoms with E-state index < -0.39 is 6.10 Å². The van der Waals surface area contributed by atoms with Crippen molar-refractivity contribution in [3.05, 3.63) is 59.2 Å². The van der Waals surface area contributed by atoms with E-state index in [0.717, 1.165) is 31.7 Å². The highest BCUT2D eigenvalue weighted by Gasteiger charge is 2.12. The summed E-state index contributed by atoms with van der Waals surface area (Å²) in [6, 6.07) is 14.4. The van der Waals surface area contributed by atoms with Crippen molar-refractivity contribution in [1.29, 1.82) is 0 Å². The van der Waals surface area contributed by atoms with Gasteiger partial charge in [-0.05, 0) is 43.3 Å². The Balaban J connectivity index is 1.85. The molecule has 0 bridgehead atoms. The van der Waals surface area contributed by atoms with Crippen LogP contribution in [0.5, 0.6) is 11.5 Å². The number of nitrogens with one attached hydrogen (secondary N) is 1. The van der Waals surface area contributed by atoms with Crippen LogP contribution >= 0.6 is 0 Å². The summed E-state index contributed by atoms with van der Waals surface area (Å²) in [4.78, 5) is 2.17. The molecule has 2 aromatic rings. The first-order valence-electron chi connectivity index (χ1n) is 10.0. The van der Waals surface area contributed by atoms with Crippen LogP contribution in [0.15, 0.2) is 42.5 Å². The molecule has 5 heteroatoms. The smallest absolute Gasteiger partial charge is 0.161 e. The van der Waals surface area contributed by atoms with Crippen molar-refractivity contribution in [3.8, 4) is 11.5 Å². The number of aryl methyl sites for hydroxylation is 1. The molecule has 2 aromatic carbocycles. The Morgan fingerprint density at radius 1 is 0.964 bits per heavy atom. The van der Waals surface area contributed by atoms with Gasteiger partial charge in [-0.2, -0.15) is 0 Å². The molecule has 0 aromatic heterocycles. The second-order valence-corrected chi connectivity index (χ2v) is 7.03. The van der Waals surface area contributed by atoms with E-state index in [0.29, 0.717) is 18.0 Å². The van der Waals surface area contributed by atoms with Crippen molar-refractivity contribution in [3.63, 3.8) is 0 Å². The number of benzene rings is 2. The summed E-state index contributed by atoms with van der Waals surface area (Å²) in [5.74, 6) is 1.34. The van der Waals surface area contributed by atoms with E-state index in [1.54, 1.807) is 7.11 Å². The molecular weight excluding hydrogens is 352 g/mol. The summed E-state index contributed by atoms with van der Waals surface area (Å²) in [6.07, 6.45) is -0.527. The Kier molecular flexibility index (Phi) is 9.28. The van der Waals surface area contributed by atoms with Gasteiger partial charge < -0.3 is 24.8 Å². The molecule has 0 radical (unpaired) electrons. The van der Waals surface area contributed by atoms with Gasteiger partial charge in [0.1, 0.15) is 12.7 Å². The summed E-state index contributed by atoms with van der Waals surface area (Å²) < 4.78 is 11.3. The maximum atomic E-state index is 10.2. The van der Waals surface area contributed by atoms with Crippen molar-refractivity contribution >= 4 is 0 Å². The van der Waals surface area contributed by atoms with E-state index in [1.807, 2.05) is 18.2 Å². The molecular formula is C23H34N2O3. The minimum atomic E-state index is -0.527. The summed E-state index contributed by atoms with van der Waals surface area (Å²) in [5, 5.41) is 13.6. The maximum absolute atomic E-state index is 10.2. The quantitative estimate of drug-likeness (QED) is 0.586. The van der Waals surface area contributed by atoms with Crippen molar-refractivity contribution in [2.45, 2.75) is 40.0 Å². The average molecular weight is 387 g/mol. The highest BCUT2D eigenvalue weighted by Crippen LogP contribution is 2.28. The number of hydrogen-bond donors (Lipinski definition) is 2.